The molecule has 0 atom stereocenters. The summed E-state index contributed by atoms with van der Waals surface area (Å²) in [6.45, 7) is 0. The van der Waals surface area contributed by atoms with Crippen molar-refractivity contribution < 1.29 is 0 Å². The number of benzene rings is 1. The van der Waals surface area contributed by atoms with E-state index in [9.17, 15) is 4.79 Å². The predicted molar refractivity (Wildman–Crippen MR) is 53.1 cm³/mol. The number of rotatable bonds is 0. The van der Waals surface area contributed by atoms with Crippen molar-refractivity contribution in [2.24, 2.45) is 0 Å². The van der Waals surface area contributed by atoms with Crippen LogP contribution in [0.1, 0.15) is 0 Å². The van der Waals surface area contributed by atoms with Crippen molar-refractivity contribution in [1.82, 2.24) is 0 Å². The Labute approximate surface area is 78.2 Å². The summed E-state index contributed by atoms with van der Waals surface area (Å²) in [5, 5.41) is 1.48. The Balaban J connectivity index is 2.99. The van der Waals surface area contributed by atoms with Gasteiger partial charge in [0.1, 0.15) is 0 Å². The first-order chi connectivity index (χ1) is 5.77. The Bertz CT molecular complexity index is 475. The fraction of sp³-hybridized carbons (Fsp3) is 0. The Morgan fingerprint density at radius 2 is 2.00 bits per heavy atom. The van der Waals surface area contributed by atoms with E-state index in [4.69, 9.17) is 11.6 Å². The highest BCUT2D eigenvalue weighted by atomic mass is 35.5. The molecular weight excluding hydrogens is 192 g/mol. The van der Waals surface area contributed by atoms with E-state index in [1.807, 2.05) is 24.3 Å². The van der Waals surface area contributed by atoms with Gasteiger partial charge in [-0.15, -0.1) is 0 Å². The van der Waals surface area contributed by atoms with Crippen molar-refractivity contribution in [2.45, 2.75) is 0 Å². The molecule has 0 bridgehead atoms. The first-order valence-electron chi connectivity index (χ1n) is 3.46. The molecule has 0 spiro atoms. The van der Waals surface area contributed by atoms with Gasteiger partial charge in [-0.05, 0) is 6.07 Å². The van der Waals surface area contributed by atoms with Gasteiger partial charge < -0.3 is 0 Å². The highest BCUT2D eigenvalue weighted by molar-refractivity contribution is 7.16. The fourth-order valence-corrected chi connectivity index (χ4v) is 2.28. The SMILES string of the molecule is O=c1cc(Cl)c2ccccc2s1. The maximum absolute atomic E-state index is 11.0. The smallest absolute Gasteiger partial charge is 0.234 e. The van der Waals surface area contributed by atoms with Gasteiger partial charge in [0, 0.05) is 16.2 Å². The van der Waals surface area contributed by atoms with Crippen LogP contribution in [0.5, 0.6) is 0 Å². The summed E-state index contributed by atoms with van der Waals surface area (Å²) < 4.78 is 0.939. The lowest BCUT2D eigenvalue weighted by atomic mass is 10.2. The molecule has 0 aliphatic carbocycles. The number of hydrogen-bond acceptors (Lipinski definition) is 2. The van der Waals surface area contributed by atoms with Gasteiger partial charge in [0.2, 0.25) is 4.74 Å². The van der Waals surface area contributed by atoms with Gasteiger partial charge in [0.15, 0.2) is 0 Å². The van der Waals surface area contributed by atoms with Crippen LogP contribution in [0.2, 0.25) is 5.02 Å². The van der Waals surface area contributed by atoms with Crippen LogP contribution in [0.15, 0.2) is 35.1 Å². The van der Waals surface area contributed by atoms with Gasteiger partial charge in [0.05, 0.1) is 5.02 Å². The van der Waals surface area contributed by atoms with Gasteiger partial charge >= 0.3 is 0 Å². The topological polar surface area (TPSA) is 17.1 Å². The largest absolute Gasteiger partial charge is 0.278 e. The zero-order valence-electron chi connectivity index (χ0n) is 6.08. The Hall–Kier alpha value is -0.860. The van der Waals surface area contributed by atoms with Crippen LogP contribution < -0.4 is 4.74 Å². The van der Waals surface area contributed by atoms with Crippen LogP contribution in [0.3, 0.4) is 0 Å². The molecule has 60 valence electrons. The lowest BCUT2D eigenvalue weighted by molar-refractivity contribution is 1.78. The summed E-state index contributed by atoms with van der Waals surface area (Å²) in [6.07, 6.45) is 0. The van der Waals surface area contributed by atoms with E-state index in [1.54, 1.807) is 0 Å². The maximum atomic E-state index is 11.0. The number of fused-ring (bicyclic) bond motifs is 1. The summed E-state index contributed by atoms with van der Waals surface area (Å²) in [7, 11) is 0. The molecule has 0 amide bonds. The Morgan fingerprint density at radius 1 is 1.25 bits per heavy atom. The highest BCUT2D eigenvalue weighted by Gasteiger charge is 1.99. The second kappa shape index (κ2) is 2.88. The first kappa shape index (κ1) is 7.77. The summed E-state index contributed by atoms with van der Waals surface area (Å²) in [5.74, 6) is 0. The maximum Gasteiger partial charge on any atom is 0.234 e. The zero-order chi connectivity index (χ0) is 8.55. The lowest BCUT2D eigenvalue weighted by Gasteiger charge is -1.95. The highest BCUT2D eigenvalue weighted by Crippen LogP contribution is 2.23. The van der Waals surface area contributed by atoms with Crippen LogP contribution in [0.25, 0.3) is 10.1 Å². The molecule has 0 saturated carbocycles. The van der Waals surface area contributed by atoms with E-state index >= 15 is 0 Å². The number of hydrogen-bond donors (Lipinski definition) is 0. The molecular formula is C9H5ClOS. The summed E-state index contributed by atoms with van der Waals surface area (Å²) in [4.78, 5) is 11.0. The van der Waals surface area contributed by atoms with E-state index in [1.165, 1.54) is 17.4 Å². The molecule has 0 aliphatic heterocycles. The molecule has 12 heavy (non-hydrogen) atoms. The average molecular weight is 197 g/mol. The molecule has 0 N–H and O–H groups in total. The third-order valence-electron chi connectivity index (χ3n) is 1.60. The second-order valence-corrected chi connectivity index (χ2v) is 3.86. The van der Waals surface area contributed by atoms with Crippen LogP contribution in [0, 0.1) is 0 Å². The van der Waals surface area contributed by atoms with Crippen molar-refractivity contribution in [3.8, 4) is 0 Å². The van der Waals surface area contributed by atoms with Gasteiger partial charge in [-0.3, -0.25) is 4.79 Å². The minimum atomic E-state index is -0.00120. The second-order valence-electron chi connectivity index (χ2n) is 2.41. The summed E-state index contributed by atoms with van der Waals surface area (Å²) >= 11 is 7.08. The van der Waals surface area contributed by atoms with Crippen LogP contribution >= 0.6 is 22.9 Å². The van der Waals surface area contributed by atoms with Gasteiger partial charge in [0.25, 0.3) is 0 Å². The fourth-order valence-electron chi connectivity index (χ4n) is 1.07. The molecule has 0 fully saturated rings. The van der Waals surface area contributed by atoms with Gasteiger partial charge in [-0.1, -0.05) is 41.1 Å². The first-order valence-corrected chi connectivity index (χ1v) is 4.65. The normalized spacial score (nSPS) is 10.4. The monoisotopic (exact) mass is 196 g/mol. The molecule has 2 rings (SSSR count). The molecule has 1 aromatic heterocycles. The van der Waals surface area contributed by atoms with Crippen molar-refractivity contribution in [2.75, 3.05) is 0 Å². The quantitative estimate of drug-likeness (QED) is 0.633. The Morgan fingerprint density at radius 3 is 2.83 bits per heavy atom. The summed E-state index contributed by atoms with van der Waals surface area (Å²) in [6, 6.07) is 9.06. The van der Waals surface area contributed by atoms with Crippen molar-refractivity contribution in [1.29, 1.82) is 0 Å². The van der Waals surface area contributed by atoms with E-state index in [2.05, 4.69) is 0 Å². The van der Waals surface area contributed by atoms with Crippen LogP contribution in [-0.4, -0.2) is 0 Å². The molecule has 1 nitrogen and oxygen atoms in total. The molecule has 0 radical (unpaired) electrons. The molecule has 1 heterocycles. The number of halogens is 1. The third-order valence-corrected chi connectivity index (χ3v) is 2.81. The van der Waals surface area contributed by atoms with Gasteiger partial charge in [-0.2, -0.15) is 0 Å². The molecule has 0 aliphatic rings. The van der Waals surface area contributed by atoms with Crippen molar-refractivity contribution in [3.05, 3.63) is 44.9 Å². The van der Waals surface area contributed by atoms with Crippen LogP contribution in [0.4, 0.5) is 0 Å². The standard InChI is InChI=1S/C9H5ClOS/c10-7-5-9(11)12-8-4-2-1-3-6(7)8/h1-5H. The van der Waals surface area contributed by atoms with E-state index in [-0.39, 0.29) is 4.74 Å². The van der Waals surface area contributed by atoms with E-state index < -0.39 is 0 Å². The minimum absolute atomic E-state index is 0.00120. The van der Waals surface area contributed by atoms with Crippen LogP contribution in [-0.2, 0) is 0 Å². The molecule has 2 aromatic rings. The molecule has 0 unspecified atom stereocenters. The van der Waals surface area contributed by atoms with E-state index in [0.29, 0.717) is 5.02 Å². The Kier molecular flexibility index (Phi) is 1.87. The predicted octanol–water partition coefficient (Wildman–Crippen LogP) is 2.91. The lowest BCUT2D eigenvalue weighted by Crippen LogP contribution is -1.90. The molecule has 0 saturated heterocycles. The molecule has 3 heteroatoms. The summed E-state index contributed by atoms with van der Waals surface area (Å²) in [5.41, 5.74) is 0. The zero-order valence-corrected chi connectivity index (χ0v) is 7.65. The van der Waals surface area contributed by atoms with Crippen molar-refractivity contribution >= 4 is 33.0 Å². The van der Waals surface area contributed by atoms with E-state index in [0.717, 1.165) is 10.1 Å². The minimum Gasteiger partial charge on any atom is -0.278 e. The third kappa shape index (κ3) is 1.24. The van der Waals surface area contributed by atoms with Crippen molar-refractivity contribution in [3.63, 3.8) is 0 Å². The average Bonchev–Trinajstić information content (AvgIpc) is 2.04. The molecule has 1 aromatic carbocycles. The van der Waals surface area contributed by atoms with Gasteiger partial charge in [-0.25, -0.2) is 0 Å².